The van der Waals surface area contributed by atoms with Crippen molar-refractivity contribution in [2.75, 3.05) is 5.32 Å². The van der Waals surface area contributed by atoms with Crippen molar-refractivity contribution in [3.63, 3.8) is 0 Å². The van der Waals surface area contributed by atoms with E-state index in [0.29, 0.717) is 6.42 Å². The summed E-state index contributed by atoms with van der Waals surface area (Å²) in [6.07, 6.45) is -4.21. The summed E-state index contributed by atoms with van der Waals surface area (Å²) >= 11 is 0. The Labute approximate surface area is 101 Å². The van der Waals surface area contributed by atoms with Crippen molar-refractivity contribution in [3.8, 4) is 0 Å². The zero-order valence-electron chi connectivity index (χ0n) is 9.88. The van der Waals surface area contributed by atoms with Crippen LogP contribution in [0, 0.1) is 5.92 Å². The number of rotatable bonds is 4. The summed E-state index contributed by atoms with van der Waals surface area (Å²) in [4.78, 5) is 14.6. The Bertz CT molecular complexity index is 415. The quantitative estimate of drug-likeness (QED) is 0.760. The van der Waals surface area contributed by atoms with Gasteiger partial charge in [0.2, 0.25) is 17.7 Å². The highest BCUT2D eigenvalue weighted by molar-refractivity contribution is 5.93. The predicted octanol–water partition coefficient (Wildman–Crippen LogP) is 1.14. The molecule has 102 valence electrons. The van der Waals surface area contributed by atoms with Crippen molar-refractivity contribution in [1.82, 2.24) is 15.2 Å². The van der Waals surface area contributed by atoms with Crippen LogP contribution in [0.25, 0.3) is 0 Å². The lowest BCUT2D eigenvalue weighted by atomic mass is 10.0. The predicted molar refractivity (Wildman–Crippen MR) is 57.4 cm³/mol. The minimum Gasteiger partial charge on any atom is -0.320 e. The maximum Gasteiger partial charge on any atom is 0.451 e. The minimum atomic E-state index is -4.63. The van der Waals surface area contributed by atoms with Crippen LogP contribution in [-0.2, 0) is 11.0 Å². The molecule has 4 N–H and O–H groups in total. The molecule has 0 saturated heterocycles. The first-order valence-electron chi connectivity index (χ1n) is 5.26. The Morgan fingerprint density at radius 2 is 2.11 bits per heavy atom. The molecule has 0 radical (unpaired) electrons. The Hall–Kier alpha value is -1.64. The molecule has 9 heteroatoms. The average Bonchev–Trinajstić information content (AvgIpc) is 2.64. The molecule has 0 spiro atoms. The number of halogens is 3. The number of hydrogen-bond acceptors (Lipinski definition) is 4. The van der Waals surface area contributed by atoms with Gasteiger partial charge in [0.25, 0.3) is 0 Å². The number of alkyl halides is 3. The number of nitrogens with zero attached hydrogens (tertiary/aromatic N) is 2. The van der Waals surface area contributed by atoms with E-state index in [9.17, 15) is 18.0 Å². The molecule has 1 rings (SSSR count). The zero-order chi connectivity index (χ0) is 13.9. The fraction of sp³-hybridized carbons (Fsp3) is 0.667. The van der Waals surface area contributed by atoms with Gasteiger partial charge in [-0.1, -0.05) is 13.8 Å². The van der Waals surface area contributed by atoms with Gasteiger partial charge in [0.1, 0.15) is 0 Å². The third-order valence-corrected chi connectivity index (χ3v) is 2.05. The van der Waals surface area contributed by atoms with Gasteiger partial charge in [-0.2, -0.15) is 18.2 Å². The molecule has 0 aliphatic rings. The van der Waals surface area contributed by atoms with E-state index in [1.54, 1.807) is 5.10 Å². The van der Waals surface area contributed by atoms with Crippen molar-refractivity contribution in [2.24, 2.45) is 11.7 Å². The lowest BCUT2D eigenvalue weighted by Gasteiger charge is -2.12. The molecule has 0 saturated carbocycles. The van der Waals surface area contributed by atoms with Crippen LogP contribution in [0.2, 0.25) is 0 Å². The van der Waals surface area contributed by atoms with Crippen LogP contribution in [0.3, 0.4) is 0 Å². The lowest BCUT2D eigenvalue weighted by Crippen LogP contribution is -2.36. The number of H-pyrrole nitrogens is 1. The summed E-state index contributed by atoms with van der Waals surface area (Å²) in [5.41, 5.74) is 5.56. The molecule has 0 aromatic carbocycles. The second kappa shape index (κ2) is 5.34. The lowest BCUT2D eigenvalue weighted by molar-refractivity contribution is -0.144. The molecular formula is C9H14F3N5O. The highest BCUT2D eigenvalue weighted by atomic mass is 19.4. The van der Waals surface area contributed by atoms with Crippen molar-refractivity contribution >= 4 is 11.9 Å². The summed E-state index contributed by atoms with van der Waals surface area (Å²) in [6, 6.07) is -0.808. The molecule has 1 atom stereocenters. The summed E-state index contributed by atoms with van der Waals surface area (Å²) in [7, 11) is 0. The standard InChI is InChI=1S/C9H14F3N5O/c1-4(2)3-5(13)6(18)14-8-15-7(16-17-8)9(10,11)12/h4-5H,3,13H2,1-2H3,(H2,14,15,16,17,18)/t5-/m0/s1. The number of nitrogens with two attached hydrogens (primary N) is 1. The molecule has 6 nitrogen and oxygen atoms in total. The van der Waals surface area contributed by atoms with Gasteiger partial charge >= 0.3 is 6.18 Å². The molecule has 0 bridgehead atoms. The Morgan fingerprint density at radius 3 is 2.56 bits per heavy atom. The van der Waals surface area contributed by atoms with Gasteiger partial charge in [0.15, 0.2) is 0 Å². The fourth-order valence-corrected chi connectivity index (χ4v) is 1.26. The van der Waals surface area contributed by atoms with Gasteiger partial charge < -0.3 is 5.73 Å². The average molecular weight is 265 g/mol. The summed E-state index contributed by atoms with van der Waals surface area (Å²) in [5, 5.41) is 7.05. The van der Waals surface area contributed by atoms with Crippen molar-refractivity contribution < 1.29 is 18.0 Å². The van der Waals surface area contributed by atoms with Crippen LogP contribution in [0.5, 0.6) is 0 Å². The molecule has 1 aromatic heterocycles. The van der Waals surface area contributed by atoms with E-state index < -0.39 is 29.9 Å². The first-order chi connectivity index (χ1) is 8.20. The van der Waals surface area contributed by atoms with Gasteiger partial charge in [-0.15, -0.1) is 5.10 Å². The van der Waals surface area contributed by atoms with Gasteiger partial charge in [-0.3, -0.25) is 15.2 Å². The minimum absolute atomic E-state index is 0.198. The molecular weight excluding hydrogens is 251 g/mol. The van der Waals surface area contributed by atoms with Crippen molar-refractivity contribution in [2.45, 2.75) is 32.5 Å². The van der Waals surface area contributed by atoms with Gasteiger partial charge in [0, 0.05) is 0 Å². The molecule has 0 aliphatic carbocycles. The Balaban J connectivity index is 2.63. The van der Waals surface area contributed by atoms with E-state index in [0.717, 1.165) is 0 Å². The fourth-order valence-electron chi connectivity index (χ4n) is 1.26. The number of hydrogen-bond donors (Lipinski definition) is 3. The van der Waals surface area contributed by atoms with E-state index in [1.165, 1.54) is 0 Å². The van der Waals surface area contributed by atoms with Crippen LogP contribution in [-0.4, -0.2) is 27.1 Å². The first-order valence-corrected chi connectivity index (χ1v) is 5.26. The second-order valence-corrected chi connectivity index (χ2v) is 4.23. The van der Waals surface area contributed by atoms with Gasteiger partial charge in [0.05, 0.1) is 6.04 Å². The van der Waals surface area contributed by atoms with Crippen LogP contribution in [0.15, 0.2) is 0 Å². The molecule has 1 aromatic rings. The van der Waals surface area contributed by atoms with Gasteiger partial charge in [-0.05, 0) is 12.3 Å². The monoisotopic (exact) mass is 265 g/mol. The van der Waals surface area contributed by atoms with Crippen LogP contribution >= 0.6 is 0 Å². The molecule has 0 unspecified atom stereocenters. The van der Waals surface area contributed by atoms with Crippen molar-refractivity contribution in [3.05, 3.63) is 5.82 Å². The van der Waals surface area contributed by atoms with E-state index in [-0.39, 0.29) is 5.92 Å². The highest BCUT2D eigenvalue weighted by Gasteiger charge is 2.35. The van der Waals surface area contributed by atoms with Crippen LogP contribution in [0.1, 0.15) is 26.1 Å². The third kappa shape index (κ3) is 3.99. The van der Waals surface area contributed by atoms with E-state index in [2.05, 4.69) is 15.4 Å². The number of aromatic nitrogens is 3. The van der Waals surface area contributed by atoms with E-state index in [1.807, 2.05) is 13.8 Å². The van der Waals surface area contributed by atoms with Crippen LogP contribution < -0.4 is 11.1 Å². The molecule has 0 aliphatic heterocycles. The number of carbonyl (C=O) groups is 1. The number of nitrogens with one attached hydrogen (secondary N) is 2. The maximum atomic E-state index is 12.2. The zero-order valence-corrected chi connectivity index (χ0v) is 9.88. The number of aromatic amines is 1. The topological polar surface area (TPSA) is 96.7 Å². The maximum absolute atomic E-state index is 12.2. The summed E-state index contributed by atoms with van der Waals surface area (Å²) in [5.74, 6) is -2.12. The summed E-state index contributed by atoms with van der Waals surface area (Å²) in [6.45, 7) is 3.75. The first kappa shape index (κ1) is 14.4. The van der Waals surface area contributed by atoms with E-state index in [4.69, 9.17) is 5.73 Å². The number of carbonyl (C=O) groups excluding carboxylic acids is 1. The highest BCUT2D eigenvalue weighted by Crippen LogP contribution is 2.26. The Kier molecular flexibility index (Phi) is 4.28. The molecule has 0 fully saturated rings. The molecule has 1 heterocycles. The smallest absolute Gasteiger partial charge is 0.320 e. The third-order valence-electron chi connectivity index (χ3n) is 2.05. The van der Waals surface area contributed by atoms with E-state index >= 15 is 0 Å². The Morgan fingerprint density at radius 1 is 1.50 bits per heavy atom. The molecule has 18 heavy (non-hydrogen) atoms. The second-order valence-electron chi connectivity index (χ2n) is 4.23. The SMILES string of the molecule is CC(C)C[C@H](N)C(=O)Nc1n[nH]c(C(F)(F)F)n1. The van der Waals surface area contributed by atoms with Gasteiger partial charge in [-0.25, -0.2) is 0 Å². The molecule has 1 amide bonds. The largest absolute Gasteiger partial charge is 0.451 e. The number of amides is 1. The van der Waals surface area contributed by atoms with Crippen LogP contribution in [0.4, 0.5) is 19.1 Å². The summed E-state index contributed by atoms with van der Waals surface area (Å²) < 4.78 is 36.6. The number of anilines is 1. The van der Waals surface area contributed by atoms with Crippen molar-refractivity contribution in [1.29, 1.82) is 0 Å². The normalized spacial score (nSPS) is 13.7.